The van der Waals surface area contributed by atoms with E-state index in [-0.39, 0.29) is 16.5 Å². The van der Waals surface area contributed by atoms with Gasteiger partial charge in [0.1, 0.15) is 4.90 Å². The summed E-state index contributed by atoms with van der Waals surface area (Å²) in [7, 11) is -3.80. The highest BCUT2D eigenvalue weighted by Crippen LogP contribution is 2.45. The monoisotopic (exact) mass is 367 g/mol. The average Bonchev–Trinajstić information content (AvgIpc) is 3.07. The number of rotatable bonds is 5. The summed E-state index contributed by atoms with van der Waals surface area (Å²) in [4.78, 5) is 10.9. The normalized spacial score (nSPS) is 17.2. The van der Waals surface area contributed by atoms with Gasteiger partial charge in [-0.05, 0) is 31.0 Å². The third-order valence-electron chi connectivity index (χ3n) is 3.09. The van der Waals surface area contributed by atoms with Gasteiger partial charge in [-0.1, -0.05) is 27.5 Å². The lowest BCUT2D eigenvalue weighted by Gasteiger charge is -2.12. The first-order valence-electron chi connectivity index (χ1n) is 5.45. The molecule has 1 fully saturated rings. The number of carboxylic acid groups (broad SMARTS) is 1. The molecule has 1 aromatic rings. The maximum absolute atomic E-state index is 12.1. The van der Waals surface area contributed by atoms with Crippen molar-refractivity contribution < 1.29 is 18.3 Å². The SMILES string of the molecule is O=C(O)C1(CNS(=O)(=O)c2ccc(Br)cc2Cl)CC1. The van der Waals surface area contributed by atoms with Gasteiger partial charge in [-0.2, -0.15) is 0 Å². The van der Waals surface area contributed by atoms with Crippen LogP contribution < -0.4 is 4.72 Å². The third-order valence-corrected chi connectivity index (χ3v) is 5.47. The molecule has 0 bridgehead atoms. The molecule has 2 N–H and O–H groups in total. The van der Waals surface area contributed by atoms with E-state index in [4.69, 9.17) is 16.7 Å². The minimum Gasteiger partial charge on any atom is -0.481 e. The molecule has 0 heterocycles. The number of sulfonamides is 1. The minimum absolute atomic E-state index is 0.0569. The fraction of sp³-hybridized carbons (Fsp3) is 0.364. The second-order valence-electron chi connectivity index (χ2n) is 4.48. The molecular weight excluding hydrogens is 358 g/mol. The van der Waals surface area contributed by atoms with Crippen molar-refractivity contribution in [2.24, 2.45) is 5.41 Å². The molecule has 0 aliphatic heterocycles. The van der Waals surface area contributed by atoms with Crippen molar-refractivity contribution in [2.75, 3.05) is 6.54 Å². The molecule has 0 unspecified atom stereocenters. The molecule has 0 aromatic heterocycles. The molecule has 104 valence electrons. The van der Waals surface area contributed by atoms with E-state index < -0.39 is 21.4 Å². The lowest BCUT2D eigenvalue weighted by molar-refractivity contribution is -0.143. The van der Waals surface area contributed by atoms with Gasteiger partial charge < -0.3 is 5.11 Å². The Morgan fingerprint density at radius 2 is 2.11 bits per heavy atom. The Balaban J connectivity index is 2.17. The largest absolute Gasteiger partial charge is 0.481 e. The molecule has 1 saturated carbocycles. The van der Waals surface area contributed by atoms with E-state index >= 15 is 0 Å². The first-order valence-corrected chi connectivity index (χ1v) is 8.10. The maximum Gasteiger partial charge on any atom is 0.310 e. The smallest absolute Gasteiger partial charge is 0.310 e. The van der Waals surface area contributed by atoms with E-state index in [1.165, 1.54) is 12.1 Å². The van der Waals surface area contributed by atoms with E-state index in [2.05, 4.69) is 20.7 Å². The van der Waals surface area contributed by atoms with Gasteiger partial charge in [-0.25, -0.2) is 13.1 Å². The summed E-state index contributed by atoms with van der Waals surface area (Å²) in [5, 5.41) is 9.08. The van der Waals surface area contributed by atoms with Crippen LogP contribution in [0.3, 0.4) is 0 Å². The summed E-state index contributed by atoms with van der Waals surface area (Å²) in [6.07, 6.45) is 0.970. The molecule has 1 aromatic carbocycles. The maximum atomic E-state index is 12.1. The van der Waals surface area contributed by atoms with Gasteiger partial charge in [-0.3, -0.25) is 4.79 Å². The molecule has 2 rings (SSSR count). The van der Waals surface area contributed by atoms with Crippen molar-refractivity contribution in [1.82, 2.24) is 4.72 Å². The lowest BCUT2D eigenvalue weighted by atomic mass is 10.1. The number of halogens is 2. The molecule has 8 heteroatoms. The van der Waals surface area contributed by atoms with E-state index in [0.717, 1.165) is 0 Å². The van der Waals surface area contributed by atoms with Crippen molar-refractivity contribution in [3.05, 3.63) is 27.7 Å². The Morgan fingerprint density at radius 1 is 1.47 bits per heavy atom. The van der Waals surface area contributed by atoms with E-state index in [9.17, 15) is 13.2 Å². The van der Waals surface area contributed by atoms with Gasteiger partial charge in [0.15, 0.2) is 0 Å². The Kier molecular flexibility index (Phi) is 3.92. The van der Waals surface area contributed by atoms with E-state index in [1.807, 2.05) is 0 Å². The van der Waals surface area contributed by atoms with Crippen LogP contribution in [0, 0.1) is 5.41 Å². The van der Waals surface area contributed by atoms with Gasteiger partial charge in [-0.15, -0.1) is 0 Å². The molecule has 0 amide bonds. The van der Waals surface area contributed by atoms with E-state index in [1.54, 1.807) is 6.07 Å². The van der Waals surface area contributed by atoms with Crippen LogP contribution in [-0.4, -0.2) is 26.0 Å². The van der Waals surface area contributed by atoms with Crippen LogP contribution in [0.4, 0.5) is 0 Å². The topological polar surface area (TPSA) is 83.5 Å². The molecular formula is C11H11BrClNO4S. The first-order chi connectivity index (χ1) is 8.77. The van der Waals surface area contributed by atoms with Crippen LogP contribution in [0.5, 0.6) is 0 Å². The predicted molar refractivity (Wildman–Crippen MR) is 73.6 cm³/mol. The predicted octanol–water partition coefficient (Wildman–Crippen LogP) is 2.25. The van der Waals surface area contributed by atoms with Crippen LogP contribution in [0.15, 0.2) is 27.6 Å². The zero-order valence-corrected chi connectivity index (χ0v) is 12.8. The van der Waals surface area contributed by atoms with Crippen molar-refractivity contribution >= 4 is 43.5 Å². The Hall–Kier alpha value is -0.630. The van der Waals surface area contributed by atoms with Crippen molar-refractivity contribution in [1.29, 1.82) is 0 Å². The summed E-state index contributed by atoms with van der Waals surface area (Å²) in [6.45, 7) is -0.114. The average molecular weight is 369 g/mol. The number of nitrogens with one attached hydrogen (secondary N) is 1. The Morgan fingerprint density at radius 3 is 2.58 bits per heavy atom. The van der Waals surface area contributed by atoms with E-state index in [0.29, 0.717) is 17.3 Å². The van der Waals surface area contributed by atoms with Crippen molar-refractivity contribution in [2.45, 2.75) is 17.7 Å². The number of hydrogen-bond acceptors (Lipinski definition) is 3. The molecule has 5 nitrogen and oxygen atoms in total. The van der Waals surface area contributed by atoms with Gasteiger partial charge in [0.05, 0.1) is 10.4 Å². The van der Waals surface area contributed by atoms with Crippen LogP contribution in [-0.2, 0) is 14.8 Å². The second kappa shape index (κ2) is 5.05. The standard InChI is InChI=1S/C11H11BrClNO4S/c12-7-1-2-9(8(13)5-7)19(17,18)14-6-11(3-4-11)10(15)16/h1-2,5,14H,3-4,6H2,(H,15,16). The summed E-state index contributed by atoms with van der Waals surface area (Å²) < 4.78 is 27.1. The second-order valence-corrected chi connectivity index (χ2v) is 7.54. The summed E-state index contributed by atoms with van der Waals surface area (Å²) in [6, 6.07) is 4.40. The first kappa shape index (κ1) is 14.8. The van der Waals surface area contributed by atoms with Crippen LogP contribution in [0.1, 0.15) is 12.8 Å². The number of aliphatic carboxylic acids is 1. The molecule has 0 atom stereocenters. The molecule has 1 aliphatic carbocycles. The third kappa shape index (κ3) is 3.10. The van der Waals surface area contributed by atoms with Crippen LogP contribution in [0.25, 0.3) is 0 Å². The van der Waals surface area contributed by atoms with Gasteiger partial charge in [0, 0.05) is 11.0 Å². The fourth-order valence-corrected chi connectivity index (χ4v) is 3.78. The summed E-state index contributed by atoms with van der Waals surface area (Å²) in [5.41, 5.74) is -0.949. The quantitative estimate of drug-likeness (QED) is 0.835. The van der Waals surface area contributed by atoms with Gasteiger partial charge in [0.2, 0.25) is 10.0 Å². The summed E-state index contributed by atoms with van der Waals surface area (Å²) in [5.74, 6) is -0.975. The number of hydrogen-bond donors (Lipinski definition) is 2. The molecule has 19 heavy (non-hydrogen) atoms. The Bertz CT molecular complexity index is 628. The fourth-order valence-electron chi connectivity index (χ4n) is 1.62. The molecule has 0 radical (unpaired) electrons. The zero-order valence-electron chi connectivity index (χ0n) is 9.69. The highest BCUT2D eigenvalue weighted by molar-refractivity contribution is 9.10. The zero-order chi connectivity index (χ0) is 14.3. The van der Waals surface area contributed by atoms with Gasteiger partial charge >= 0.3 is 5.97 Å². The summed E-state index contributed by atoms with van der Waals surface area (Å²) >= 11 is 9.06. The van der Waals surface area contributed by atoms with Crippen molar-refractivity contribution in [3.8, 4) is 0 Å². The molecule has 0 saturated heterocycles. The number of carbonyl (C=O) groups is 1. The van der Waals surface area contributed by atoms with Crippen molar-refractivity contribution in [3.63, 3.8) is 0 Å². The number of benzene rings is 1. The van der Waals surface area contributed by atoms with Crippen LogP contribution in [0.2, 0.25) is 5.02 Å². The molecule has 1 aliphatic rings. The Labute approximate surface area is 124 Å². The minimum atomic E-state index is -3.80. The highest BCUT2D eigenvalue weighted by Gasteiger charge is 2.50. The highest BCUT2D eigenvalue weighted by atomic mass is 79.9. The lowest BCUT2D eigenvalue weighted by Crippen LogP contribution is -2.34. The van der Waals surface area contributed by atoms with Crippen LogP contribution >= 0.6 is 27.5 Å². The number of carboxylic acids is 1. The van der Waals surface area contributed by atoms with Gasteiger partial charge in [0.25, 0.3) is 0 Å². The molecule has 0 spiro atoms.